The lowest BCUT2D eigenvalue weighted by atomic mass is 10.3. The molecule has 0 radical (unpaired) electrons. The van der Waals surface area contributed by atoms with Crippen molar-refractivity contribution in [1.29, 1.82) is 0 Å². The van der Waals surface area contributed by atoms with Crippen molar-refractivity contribution in [3.8, 4) is 5.75 Å². The van der Waals surface area contributed by atoms with Gasteiger partial charge in [-0.1, -0.05) is 23.2 Å². The molecule has 1 amide bonds. The summed E-state index contributed by atoms with van der Waals surface area (Å²) in [6, 6.07) is 6.88. The molecule has 0 atom stereocenters. The zero-order valence-corrected chi connectivity index (χ0v) is 13.2. The van der Waals surface area contributed by atoms with E-state index in [-0.39, 0.29) is 16.6 Å². The van der Waals surface area contributed by atoms with Crippen molar-refractivity contribution in [1.82, 2.24) is 9.78 Å². The number of nitrogens with one attached hydrogen (secondary N) is 1. The van der Waals surface area contributed by atoms with Gasteiger partial charge in [0.15, 0.2) is 0 Å². The number of ether oxygens (including phenoxy) is 1. The maximum Gasteiger partial charge on any atom is 0.287 e. The number of anilines is 1. The number of benzene rings is 1. The van der Waals surface area contributed by atoms with Gasteiger partial charge in [0, 0.05) is 5.69 Å². The van der Waals surface area contributed by atoms with Crippen molar-refractivity contribution in [3.05, 3.63) is 50.9 Å². The number of carbonyl (C=O) groups excluding carboxylic acids is 1. The molecule has 2 aromatic rings. The van der Waals surface area contributed by atoms with Crippen molar-refractivity contribution in [3.63, 3.8) is 0 Å². The van der Waals surface area contributed by atoms with Gasteiger partial charge >= 0.3 is 0 Å². The van der Waals surface area contributed by atoms with Crippen LogP contribution in [0.25, 0.3) is 0 Å². The molecule has 2 rings (SSSR count). The minimum absolute atomic E-state index is 0.0508. The standard InChI is InChI=1S/C14H13Cl2N3O3/c1-2-22-10-5-3-9(4-6-10)18-12(20)8-19-14(21)13(16)11(15)7-17-19/h3-7H,2,8H2,1H3,(H,18,20). The van der Waals surface area contributed by atoms with Gasteiger partial charge in [-0.25, -0.2) is 4.68 Å². The van der Waals surface area contributed by atoms with Crippen LogP contribution in [0.5, 0.6) is 5.75 Å². The third kappa shape index (κ3) is 3.99. The Morgan fingerprint density at radius 3 is 2.64 bits per heavy atom. The summed E-state index contributed by atoms with van der Waals surface area (Å²) in [7, 11) is 0. The zero-order valence-electron chi connectivity index (χ0n) is 11.7. The minimum atomic E-state index is -0.615. The number of hydrogen-bond donors (Lipinski definition) is 1. The first kappa shape index (κ1) is 16.3. The van der Waals surface area contributed by atoms with E-state index >= 15 is 0 Å². The lowest BCUT2D eigenvalue weighted by molar-refractivity contribution is -0.117. The monoisotopic (exact) mass is 341 g/mol. The van der Waals surface area contributed by atoms with Gasteiger partial charge < -0.3 is 10.1 Å². The lowest BCUT2D eigenvalue weighted by Crippen LogP contribution is -2.29. The fraction of sp³-hybridized carbons (Fsp3) is 0.214. The fourth-order valence-corrected chi connectivity index (χ4v) is 1.97. The average molecular weight is 342 g/mol. The van der Waals surface area contributed by atoms with Gasteiger partial charge in [0.25, 0.3) is 5.56 Å². The molecule has 1 heterocycles. The van der Waals surface area contributed by atoms with E-state index in [1.165, 1.54) is 6.20 Å². The molecule has 0 fully saturated rings. The third-order valence-electron chi connectivity index (χ3n) is 2.68. The summed E-state index contributed by atoms with van der Waals surface area (Å²) in [4.78, 5) is 23.7. The summed E-state index contributed by atoms with van der Waals surface area (Å²) >= 11 is 11.4. The molecule has 22 heavy (non-hydrogen) atoms. The third-order valence-corrected chi connectivity index (χ3v) is 3.43. The van der Waals surface area contributed by atoms with Crippen LogP contribution >= 0.6 is 23.2 Å². The van der Waals surface area contributed by atoms with Gasteiger partial charge in [-0.3, -0.25) is 9.59 Å². The first-order chi connectivity index (χ1) is 10.5. The molecule has 6 nitrogen and oxygen atoms in total. The Bertz CT molecular complexity index is 729. The predicted molar refractivity (Wildman–Crippen MR) is 84.8 cm³/mol. The number of halogens is 2. The Kier molecular flexibility index (Phi) is 5.41. The highest BCUT2D eigenvalue weighted by Crippen LogP contribution is 2.16. The highest BCUT2D eigenvalue weighted by atomic mass is 35.5. The van der Waals surface area contributed by atoms with Crippen molar-refractivity contribution in [2.45, 2.75) is 13.5 Å². The molecular formula is C14H13Cl2N3O3. The molecule has 1 aromatic carbocycles. The molecular weight excluding hydrogens is 329 g/mol. The number of nitrogens with zero attached hydrogens (tertiary/aromatic N) is 2. The summed E-state index contributed by atoms with van der Waals surface area (Å²) in [5, 5.41) is 6.31. The molecule has 0 saturated heterocycles. The van der Waals surface area contributed by atoms with E-state index in [0.29, 0.717) is 18.0 Å². The number of carbonyl (C=O) groups is 1. The minimum Gasteiger partial charge on any atom is -0.494 e. The van der Waals surface area contributed by atoms with E-state index in [9.17, 15) is 9.59 Å². The van der Waals surface area contributed by atoms with Crippen molar-refractivity contribution in [2.24, 2.45) is 0 Å². The normalized spacial score (nSPS) is 10.3. The van der Waals surface area contributed by atoms with Crippen molar-refractivity contribution >= 4 is 34.8 Å². The molecule has 0 spiro atoms. The molecule has 1 aromatic heterocycles. The molecule has 0 bridgehead atoms. The van der Waals surface area contributed by atoms with Gasteiger partial charge in [-0.15, -0.1) is 0 Å². The van der Waals surface area contributed by atoms with Crippen LogP contribution in [0.2, 0.25) is 10.0 Å². The van der Waals surface area contributed by atoms with Crippen LogP contribution in [-0.4, -0.2) is 22.3 Å². The van der Waals surface area contributed by atoms with Crippen LogP contribution in [-0.2, 0) is 11.3 Å². The van der Waals surface area contributed by atoms with E-state index < -0.39 is 11.5 Å². The fourth-order valence-electron chi connectivity index (χ4n) is 1.70. The highest BCUT2D eigenvalue weighted by Gasteiger charge is 2.11. The summed E-state index contributed by atoms with van der Waals surface area (Å²) in [5.74, 6) is 0.306. The van der Waals surface area contributed by atoms with E-state index in [1.807, 2.05) is 6.92 Å². The summed E-state index contributed by atoms with van der Waals surface area (Å²) in [5.41, 5.74) is -0.0300. The van der Waals surface area contributed by atoms with E-state index in [4.69, 9.17) is 27.9 Å². The topological polar surface area (TPSA) is 73.2 Å². The van der Waals surface area contributed by atoms with Gasteiger partial charge in [0.05, 0.1) is 17.8 Å². The second kappa shape index (κ2) is 7.29. The van der Waals surface area contributed by atoms with Gasteiger partial charge in [-0.05, 0) is 31.2 Å². The van der Waals surface area contributed by atoms with E-state index in [0.717, 1.165) is 4.68 Å². The Morgan fingerprint density at radius 2 is 2.00 bits per heavy atom. The molecule has 0 aliphatic rings. The number of aromatic nitrogens is 2. The van der Waals surface area contributed by atoms with Crippen LogP contribution in [0.3, 0.4) is 0 Å². The van der Waals surface area contributed by atoms with Crippen LogP contribution in [0.15, 0.2) is 35.3 Å². The molecule has 0 unspecified atom stereocenters. The molecule has 8 heteroatoms. The first-order valence-corrected chi connectivity index (χ1v) is 7.20. The zero-order chi connectivity index (χ0) is 16.1. The Labute approximate surface area is 136 Å². The molecule has 0 aliphatic heterocycles. The van der Waals surface area contributed by atoms with Crippen LogP contribution in [0, 0.1) is 0 Å². The maximum absolute atomic E-state index is 11.9. The Morgan fingerprint density at radius 1 is 1.32 bits per heavy atom. The first-order valence-electron chi connectivity index (χ1n) is 6.45. The van der Waals surface area contributed by atoms with Crippen molar-refractivity contribution < 1.29 is 9.53 Å². The van der Waals surface area contributed by atoms with E-state index in [1.54, 1.807) is 24.3 Å². The van der Waals surface area contributed by atoms with E-state index in [2.05, 4.69) is 10.4 Å². The lowest BCUT2D eigenvalue weighted by Gasteiger charge is -2.08. The number of hydrogen-bond acceptors (Lipinski definition) is 4. The largest absolute Gasteiger partial charge is 0.494 e. The number of rotatable bonds is 5. The Hall–Kier alpha value is -2.05. The Balaban J connectivity index is 2.04. The van der Waals surface area contributed by atoms with Gasteiger partial charge in [0.1, 0.15) is 17.3 Å². The summed E-state index contributed by atoms with van der Waals surface area (Å²) < 4.78 is 6.25. The molecule has 0 aliphatic carbocycles. The predicted octanol–water partition coefficient (Wildman–Crippen LogP) is 2.59. The molecule has 1 N–H and O–H groups in total. The second-order valence-electron chi connectivity index (χ2n) is 4.27. The SMILES string of the molecule is CCOc1ccc(NC(=O)Cn2ncc(Cl)c(Cl)c2=O)cc1. The number of amides is 1. The average Bonchev–Trinajstić information content (AvgIpc) is 2.50. The smallest absolute Gasteiger partial charge is 0.287 e. The van der Waals surface area contributed by atoms with Gasteiger partial charge in [0.2, 0.25) is 5.91 Å². The highest BCUT2D eigenvalue weighted by molar-refractivity contribution is 6.41. The molecule has 116 valence electrons. The van der Waals surface area contributed by atoms with Crippen LogP contribution in [0.4, 0.5) is 5.69 Å². The van der Waals surface area contributed by atoms with Gasteiger partial charge in [-0.2, -0.15) is 5.10 Å². The van der Waals surface area contributed by atoms with Crippen LogP contribution in [0.1, 0.15) is 6.92 Å². The quantitative estimate of drug-likeness (QED) is 0.906. The van der Waals surface area contributed by atoms with Crippen LogP contribution < -0.4 is 15.6 Å². The van der Waals surface area contributed by atoms with Crippen molar-refractivity contribution in [2.75, 3.05) is 11.9 Å². The molecule has 0 saturated carbocycles. The second-order valence-corrected chi connectivity index (χ2v) is 5.06. The summed E-state index contributed by atoms with van der Waals surface area (Å²) in [6.45, 7) is 2.19. The maximum atomic E-state index is 11.9. The summed E-state index contributed by atoms with van der Waals surface area (Å²) in [6.07, 6.45) is 1.22.